The van der Waals surface area contributed by atoms with E-state index in [1.807, 2.05) is 0 Å². The van der Waals surface area contributed by atoms with Gasteiger partial charge in [0.2, 0.25) is 0 Å². The maximum Gasteiger partial charge on any atom is 0.285 e. The predicted octanol–water partition coefficient (Wildman–Crippen LogP) is 3.01. The van der Waals surface area contributed by atoms with E-state index >= 15 is 0 Å². The summed E-state index contributed by atoms with van der Waals surface area (Å²) in [5.41, 5.74) is -1.31. The van der Waals surface area contributed by atoms with E-state index in [4.69, 9.17) is 11.6 Å². The first-order valence-corrected chi connectivity index (χ1v) is 6.90. The Bertz CT molecular complexity index is 591. The smallest absolute Gasteiger partial charge is 0.285 e. The lowest BCUT2D eigenvalue weighted by atomic mass is 10.0. The second-order valence-electron chi connectivity index (χ2n) is 5.16. The monoisotopic (exact) mass is 318 g/mol. The third-order valence-corrected chi connectivity index (χ3v) is 3.87. The highest BCUT2D eigenvalue weighted by Crippen LogP contribution is 2.48. The van der Waals surface area contributed by atoms with E-state index in [1.165, 1.54) is 0 Å². The van der Waals surface area contributed by atoms with E-state index in [2.05, 4.69) is 5.32 Å². The minimum Gasteiger partial charge on any atom is -0.351 e. The molecular weight excluding hydrogens is 306 g/mol. The molecule has 1 aliphatic carbocycles. The van der Waals surface area contributed by atoms with Crippen LogP contribution in [0.1, 0.15) is 29.6 Å². The molecule has 0 spiro atoms. The highest BCUT2D eigenvalue weighted by molar-refractivity contribution is 6.17. The van der Waals surface area contributed by atoms with Crippen molar-refractivity contribution in [2.75, 3.05) is 12.4 Å². The van der Waals surface area contributed by atoms with Gasteiger partial charge in [-0.15, -0.1) is 11.6 Å². The van der Waals surface area contributed by atoms with Gasteiger partial charge in [0, 0.05) is 12.4 Å². The molecule has 1 fully saturated rings. The summed E-state index contributed by atoms with van der Waals surface area (Å²) >= 11 is 5.67. The maximum absolute atomic E-state index is 13.2. The average molecular weight is 319 g/mol. The number of rotatable bonds is 6. The molecule has 1 aromatic rings. The van der Waals surface area contributed by atoms with E-state index in [1.54, 1.807) is 0 Å². The second kappa shape index (κ2) is 5.93. The molecule has 1 N–H and O–H groups in total. The first-order chi connectivity index (χ1) is 9.88. The van der Waals surface area contributed by atoms with Crippen molar-refractivity contribution in [3.63, 3.8) is 0 Å². The zero-order chi connectivity index (χ0) is 15.6. The minimum atomic E-state index is -1.36. The Morgan fingerprint density at radius 2 is 2.00 bits per heavy atom. The van der Waals surface area contributed by atoms with Gasteiger partial charge in [0.15, 0.2) is 11.6 Å². The Kier molecular flexibility index (Phi) is 4.41. The van der Waals surface area contributed by atoms with Gasteiger partial charge in [-0.25, -0.2) is 8.78 Å². The molecule has 0 aromatic heterocycles. The molecular formula is C13H13ClF2N2O3. The van der Waals surface area contributed by atoms with Crippen LogP contribution in [0.5, 0.6) is 0 Å². The van der Waals surface area contributed by atoms with Crippen LogP contribution in [0.4, 0.5) is 14.5 Å². The van der Waals surface area contributed by atoms with Crippen molar-refractivity contribution < 1.29 is 18.5 Å². The number of hydrogen-bond donors (Lipinski definition) is 1. The molecule has 0 saturated heterocycles. The standard InChI is InChI=1S/C13H13ClF2N2O3/c14-4-3-13(1-2-13)7-17-12(19)8-5-9(15)10(16)6-11(8)18(20)21/h5-6H,1-4,7H2,(H,17,19). The molecule has 8 heteroatoms. The Balaban J connectivity index is 2.15. The van der Waals surface area contributed by atoms with Crippen LogP contribution < -0.4 is 5.32 Å². The number of carbonyl (C=O) groups excluding carboxylic acids is 1. The zero-order valence-electron chi connectivity index (χ0n) is 11.0. The number of alkyl halides is 1. The van der Waals surface area contributed by atoms with Crippen LogP contribution in [0, 0.1) is 27.2 Å². The summed E-state index contributed by atoms with van der Waals surface area (Å²) in [6.07, 6.45) is 2.56. The lowest BCUT2D eigenvalue weighted by molar-refractivity contribution is -0.385. The molecule has 0 unspecified atom stereocenters. The molecule has 1 saturated carbocycles. The number of halogens is 3. The van der Waals surface area contributed by atoms with E-state index in [9.17, 15) is 23.7 Å². The van der Waals surface area contributed by atoms with Gasteiger partial charge in [0.25, 0.3) is 11.6 Å². The van der Waals surface area contributed by atoms with Gasteiger partial charge < -0.3 is 5.32 Å². The second-order valence-corrected chi connectivity index (χ2v) is 5.54. The number of nitro groups is 1. The van der Waals surface area contributed by atoms with Crippen molar-refractivity contribution in [2.24, 2.45) is 5.41 Å². The molecule has 5 nitrogen and oxygen atoms in total. The summed E-state index contributed by atoms with van der Waals surface area (Å²) in [7, 11) is 0. The van der Waals surface area contributed by atoms with Gasteiger partial charge in [0.1, 0.15) is 5.56 Å². The summed E-state index contributed by atoms with van der Waals surface area (Å²) in [5.74, 6) is -2.99. The topological polar surface area (TPSA) is 72.2 Å². The number of carbonyl (C=O) groups is 1. The first-order valence-electron chi connectivity index (χ1n) is 6.36. The first kappa shape index (κ1) is 15.6. The number of hydrogen-bond acceptors (Lipinski definition) is 3. The lowest BCUT2D eigenvalue weighted by Gasteiger charge is -2.14. The van der Waals surface area contributed by atoms with Crippen LogP contribution in [0.2, 0.25) is 0 Å². The van der Waals surface area contributed by atoms with Gasteiger partial charge in [-0.2, -0.15) is 0 Å². The molecule has 1 aromatic carbocycles. The number of amides is 1. The number of nitro benzene ring substituents is 1. The van der Waals surface area contributed by atoms with E-state index in [0.717, 1.165) is 19.3 Å². The van der Waals surface area contributed by atoms with E-state index in [-0.39, 0.29) is 5.41 Å². The van der Waals surface area contributed by atoms with Crippen molar-refractivity contribution in [1.82, 2.24) is 5.32 Å². The van der Waals surface area contributed by atoms with Gasteiger partial charge >= 0.3 is 0 Å². The van der Waals surface area contributed by atoms with Crippen molar-refractivity contribution in [3.05, 3.63) is 39.4 Å². The Hall–Kier alpha value is -1.76. The molecule has 0 bridgehead atoms. The summed E-state index contributed by atoms with van der Waals surface area (Å²) in [6, 6.07) is 0.958. The van der Waals surface area contributed by atoms with Crippen molar-refractivity contribution >= 4 is 23.2 Å². The van der Waals surface area contributed by atoms with E-state index < -0.39 is 33.7 Å². The molecule has 0 atom stereocenters. The maximum atomic E-state index is 13.2. The van der Waals surface area contributed by atoms with Crippen LogP contribution >= 0.6 is 11.6 Å². The summed E-state index contributed by atoms with van der Waals surface area (Å²) < 4.78 is 26.2. The Morgan fingerprint density at radius 1 is 1.38 bits per heavy atom. The molecule has 1 aliphatic rings. The highest BCUT2D eigenvalue weighted by Gasteiger charge is 2.42. The molecule has 21 heavy (non-hydrogen) atoms. The molecule has 0 radical (unpaired) electrons. The van der Waals surface area contributed by atoms with Gasteiger partial charge in [0.05, 0.1) is 11.0 Å². The highest BCUT2D eigenvalue weighted by atomic mass is 35.5. The fraction of sp³-hybridized carbons (Fsp3) is 0.462. The largest absolute Gasteiger partial charge is 0.351 e. The van der Waals surface area contributed by atoms with Crippen LogP contribution in [0.25, 0.3) is 0 Å². The number of nitrogens with one attached hydrogen (secondary N) is 1. The fourth-order valence-corrected chi connectivity index (χ4v) is 2.53. The van der Waals surface area contributed by atoms with Crippen molar-refractivity contribution in [3.8, 4) is 0 Å². The number of benzene rings is 1. The SMILES string of the molecule is O=C(NCC1(CCCl)CC1)c1cc(F)c(F)cc1[N+](=O)[O-]. The summed E-state index contributed by atoms with van der Waals surface area (Å²) in [5, 5.41) is 13.4. The molecule has 0 aliphatic heterocycles. The fourth-order valence-electron chi connectivity index (χ4n) is 2.12. The van der Waals surface area contributed by atoms with Crippen molar-refractivity contribution in [1.29, 1.82) is 0 Å². The van der Waals surface area contributed by atoms with E-state index in [0.29, 0.717) is 24.6 Å². The predicted molar refractivity (Wildman–Crippen MR) is 72.3 cm³/mol. The van der Waals surface area contributed by atoms with Crippen LogP contribution in [-0.4, -0.2) is 23.3 Å². The van der Waals surface area contributed by atoms with Gasteiger partial charge in [-0.3, -0.25) is 14.9 Å². The third kappa shape index (κ3) is 3.47. The summed E-state index contributed by atoms with van der Waals surface area (Å²) in [6.45, 7) is 0.314. The molecule has 1 amide bonds. The van der Waals surface area contributed by atoms with Crippen molar-refractivity contribution in [2.45, 2.75) is 19.3 Å². The number of nitrogens with zero attached hydrogens (tertiary/aromatic N) is 1. The van der Waals surface area contributed by atoms with Gasteiger partial charge in [-0.1, -0.05) is 0 Å². The normalized spacial score (nSPS) is 15.6. The zero-order valence-corrected chi connectivity index (χ0v) is 11.8. The van der Waals surface area contributed by atoms with Crippen LogP contribution in [0.15, 0.2) is 12.1 Å². The molecule has 2 rings (SSSR count). The van der Waals surface area contributed by atoms with Gasteiger partial charge in [-0.05, 0) is 30.7 Å². The van der Waals surface area contributed by atoms with Crippen LogP contribution in [0.3, 0.4) is 0 Å². The summed E-state index contributed by atoms with van der Waals surface area (Å²) in [4.78, 5) is 21.9. The molecule has 114 valence electrons. The molecule has 0 heterocycles. The quantitative estimate of drug-likeness (QED) is 0.498. The third-order valence-electron chi connectivity index (χ3n) is 3.69. The average Bonchev–Trinajstić information content (AvgIpc) is 3.19. The Labute approximate surface area is 124 Å². The lowest BCUT2D eigenvalue weighted by Crippen LogP contribution is -2.31. The Morgan fingerprint density at radius 3 is 2.52 bits per heavy atom. The van der Waals surface area contributed by atoms with Crippen LogP contribution in [-0.2, 0) is 0 Å². The minimum absolute atomic E-state index is 0.0647.